The maximum Gasteiger partial charge on any atom is 0.413 e. The third-order valence-electron chi connectivity index (χ3n) is 4.19. The molecule has 0 aliphatic heterocycles. The van der Waals surface area contributed by atoms with Crippen LogP contribution in [0.15, 0.2) is 30.9 Å². The van der Waals surface area contributed by atoms with Crippen LogP contribution in [0.2, 0.25) is 0 Å². The minimum absolute atomic E-state index is 0.0671. The van der Waals surface area contributed by atoms with Crippen LogP contribution in [-0.2, 0) is 14.3 Å². The summed E-state index contributed by atoms with van der Waals surface area (Å²) in [5, 5.41) is 0. The molecule has 6 heteroatoms. The highest BCUT2D eigenvalue weighted by molar-refractivity contribution is 5.88. The van der Waals surface area contributed by atoms with Crippen molar-refractivity contribution < 1.29 is 23.8 Å². The molecule has 1 aliphatic carbocycles. The molecule has 0 unspecified atom stereocenters. The van der Waals surface area contributed by atoms with Gasteiger partial charge in [-0.15, -0.1) is 0 Å². The Balaban J connectivity index is 2.19. The largest absolute Gasteiger partial charge is 0.472 e. The summed E-state index contributed by atoms with van der Waals surface area (Å²) in [6.45, 7) is 9.38. The van der Waals surface area contributed by atoms with Crippen molar-refractivity contribution in [2.45, 2.75) is 39.2 Å². The Labute approximate surface area is 148 Å². The van der Waals surface area contributed by atoms with Crippen molar-refractivity contribution in [2.24, 2.45) is 0 Å². The van der Waals surface area contributed by atoms with Gasteiger partial charge in [-0.2, -0.15) is 0 Å². The first-order valence-electron chi connectivity index (χ1n) is 8.37. The van der Waals surface area contributed by atoms with Crippen LogP contribution in [0.25, 0.3) is 0 Å². The minimum Gasteiger partial charge on any atom is -0.472 e. The lowest BCUT2D eigenvalue weighted by Crippen LogP contribution is -2.50. The molecular weight excluding hydrogens is 322 g/mol. The predicted octanol–water partition coefficient (Wildman–Crippen LogP) is 3.36. The molecule has 1 aromatic rings. The molecule has 1 aromatic carbocycles. The average molecular weight is 347 g/mol. The molecule has 2 rings (SSSR count). The zero-order valence-corrected chi connectivity index (χ0v) is 15.0. The van der Waals surface area contributed by atoms with Gasteiger partial charge in [0.2, 0.25) is 0 Å². The smallest absolute Gasteiger partial charge is 0.413 e. The van der Waals surface area contributed by atoms with E-state index in [1.165, 1.54) is 11.0 Å². The lowest BCUT2D eigenvalue weighted by atomic mass is 10.1. The first kappa shape index (κ1) is 18.8. The van der Waals surface area contributed by atoms with Gasteiger partial charge in [-0.05, 0) is 44.7 Å². The highest BCUT2D eigenvalue weighted by Gasteiger charge is 2.59. The number of benzene rings is 1. The van der Waals surface area contributed by atoms with E-state index in [1.54, 1.807) is 6.92 Å². The van der Waals surface area contributed by atoms with Crippen LogP contribution in [-0.4, -0.2) is 42.4 Å². The van der Waals surface area contributed by atoms with Gasteiger partial charge < -0.3 is 14.2 Å². The first-order valence-corrected chi connectivity index (χ1v) is 8.37. The fourth-order valence-corrected chi connectivity index (χ4v) is 2.68. The lowest BCUT2D eigenvalue weighted by molar-refractivity contribution is -0.152. The molecule has 0 saturated heterocycles. The number of amides is 1. The highest BCUT2D eigenvalue weighted by Crippen LogP contribution is 2.43. The van der Waals surface area contributed by atoms with E-state index < -0.39 is 17.6 Å². The molecule has 0 heterocycles. The molecule has 1 aliphatic rings. The molecule has 0 radical (unpaired) electrons. The molecule has 0 spiro atoms. The summed E-state index contributed by atoms with van der Waals surface area (Å²) < 4.78 is 16.2. The quantitative estimate of drug-likeness (QED) is 0.410. The van der Waals surface area contributed by atoms with Crippen LogP contribution < -0.4 is 4.74 Å². The number of hydrogen-bond donors (Lipinski definition) is 0. The molecule has 0 bridgehead atoms. The molecule has 6 nitrogen and oxygen atoms in total. The van der Waals surface area contributed by atoms with Crippen molar-refractivity contribution in [3.05, 3.63) is 42.0 Å². The Morgan fingerprint density at radius 1 is 1.24 bits per heavy atom. The summed E-state index contributed by atoms with van der Waals surface area (Å²) in [7, 11) is 0. The SMILES string of the molecule is C=CCOC(=O)N(COc1c(C)cccc1C)C1(C(=O)OCC)CC1. The monoisotopic (exact) mass is 347 g/mol. The standard InChI is InChI=1S/C19H25NO5/c1-5-12-24-18(22)20(19(10-11-19)17(21)23-6-2)13-25-16-14(3)8-7-9-15(16)4/h5,7-9H,1,6,10-13H2,2-4H3. The molecular formula is C19H25NO5. The molecule has 25 heavy (non-hydrogen) atoms. The molecule has 0 N–H and O–H groups in total. The molecule has 0 atom stereocenters. The molecule has 1 saturated carbocycles. The Morgan fingerprint density at radius 2 is 1.88 bits per heavy atom. The van der Waals surface area contributed by atoms with E-state index in [-0.39, 0.29) is 19.9 Å². The van der Waals surface area contributed by atoms with E-state index in [0.717, 1.165) is 11.1 Å². The summed E-state index contributed by atoms with van der Waals surface area (Å²) in [5.41, 5.74) is 0.922. The van der Waals surface area contributed by atoms with Crippen LogP contribution >= 0.6 is 0 Å². The third kappa shape index (κ3) is 4.13. The van der Waals surface area contributed by atoms with Crippen LogP contribution in [0.5, 0.6) is 5.75 Å². The summed E-state index contributed by atoms with van der Waals surface area (Å²) in [5.74, 6) is 0.277. The van der Waals surface area contributed by atoms with Crippen LogP contribution in [0.1, 0.15) is 30.9 Å². The fraction of sp³-hybridized carbons (Fsp3) is 0.474. The van der Waals surface area contributed by atoms with Crippen molar-refractivity contribution in [3.8, 4) is 5.75 Å². The second-order valence-corrected chi connectivity index (χ2v) is 6.04. The summed E-state index contributed by atoms with van der Waals surface area (Å²) in [4.78, 5) is 26.1. The average Bonchev–Trinajstić information content (AvgIpc) is 3.37. The Morgan fingerprint density at radius 3 is 2.40 bits per heavy atom. The Bertz CT molecular complexity index is 631. The summed E-state index contributed by atoms with van der Waals surface area (Å²) in [6.07, 6.45) is 1.93. The van der Waals surface area contributed by atoms with E-state index in [2.05, 4.69) is 6.58 Å². The minimum atomic E-state index is -0.995. The van der Waals surface area contributed by atoms with E-state index in [4.69, 9.17) is 14.2 Å². The Kier molecular flexibility index (Phi) is 6.07. The summed E-state index contributed by atoms with van der Waals surface area (Å²) in [6, 6.07) is 5.80. The fourth-order valence-electron chi connectivity index (χ4n) is 2.68. The van der Waals surface area contributed by atoms with E-state index in [9.17, 15) is 9.59 Å². The number of aryl methyl sites for hydroxylation is 2. The van der Waals surface area contributed by atoms with Crippen molar-refractivity contribution in [1.82, 2.24) is 4.90 Å². The summed E-state index contributed by atoms with van der Waals surface area (Å²) >= 11 is 0. The number of para-hydroxylation sites is 1. The van der Waals surface area contributed by atoms with Gasteiger partial charge in [0.1, 0.15) is 17.9 Å². The van der Waals surface area contributed by atoms with Gasteiger partial charge in [0.05, 0.1) is 6.61 Å². The number of ether oxygens (including phenoxy) is 3. The van der Waals surface area contributed by atoms with Gasteiger partial charge in [0, 0.05) is 0 Å². The van der Waals surface area contributed by atoms with Gasteiger partial charge in [-0.25, -0.2) is 9.59 Å². The number of nitrogens with zero attached hydrogens (tertiary/aromatic N) is 1. The zero-order chi connectivity index (χ0) is 18.4. The van der Waals surface area contributed by atoms with Gasteiger partial charge >= 0.3 is 12.1 Å². The van der Waals surface area contributed by atoms with Gasteiger partial charge in [-0.1, -0.05) is 30.9 Å². The molecule has 136 valence electrons. The normalized spacial score (nSPS) is 14.4. The van der Waals surface area contributed by atoms with Crippen LogP contribution in [0, 0.1) is 13.8 Å². The highest BCUT2D eigenvalue weighted by atomic mass is 16.6. The third-order valence-corrected chi connectivity index (χ3v) is 4.19. The van der Waals surface area contributed by atoms with E-state index >= 15 is 0 Å². The first-order chi connectivity index (χ1) is 12.0. The number of rotatable bonds is 8. The molecule has 0 aromatic heterocycles. The Hall–Kier alpha value is -2.50. The van der Waals surface area contributed by atoms with Crippen molar-refractivity contribution >= 4 is 12.1 Å². The predicted molar refractivity (Wildman–Crippen MR) is 93.4 cm³/mol. The second kappa shape index (κ2) is 8.05. The maximum atomic E-state index is 12.5. The van der Waals surface area contributed by atoms with E-state index in [0.29, 0.717) is 18.6 Å². The zero-order valence-electron chi connectivity index (χ0n) is 15.0. The number of esters is 1. The number of carbonyl (C=O) groups excluding carboxylic acids is 2. The number of hydrogen-bond acceptors (Lipinski definition) is 5. The second-order valence-electron chi connectivity index (χ2n) is 6.04. The van der Waals surface area contributed by atoms with Crippen LogP contribution in [0.4, 0.5) is 4.79 Å². The van der Waals surface area contributed by atoms with Gasteiger partial charge in [-0.3, -0.25) is 4.90 Å². The van der Waals surface area contributed by atoms with Crippen molar-refractivity contribution in [1.29, 1.82) is 0 Å². The maximum absolute atomic E-state index is 12.5. The molecule has 1 fully saturated rings. The topological polar surface area (TPSA) is 65.1 Å². The van der Waals surface area contributed by atoms with Crippen LogP contribution in [0.3, 0.4) is 0 Å². The molecule has 1 amide bonds. The van der Waals surface area contributed by atoms with E-state index in [1.807, 2.05) is 32.0 Å². The van der Waals surface area contributed by atoms with Crippen molar-refractivity contribution in [2.75, 3.05) is 19.9 Å². The van der Waals surface area contributed by atoms with Gasteiger partial charge in [0.25, 0.3) is 0 Å². The lowest BCUT2D eigenvalue weighted by Gasteiger charge is -2.29. The van der Waals surface area contributed by atoms with Gasteiger partial charge in [0.15, 0.2) is 6.73 Å². The number of carbonyl (C=O) groups is 2. The van der Waals surface area contributed by atoms with Crippen molar-refractivity contribution in [3.63, 3.8) is 0 Å².